The van der Waals surface area contributed by atoms with Crippen molar-refractivity contribution in [1.82, 2.24) is 10.2 Å². The van der Waals surface area contributed by atoms with Crippen molar-refractivity contribution in [2.24, 2.45) is 0 Å². The van der Waals surface area contributed by atoms with E-state index in [1.54, 1.807) is 13.0 Å². The molecule has 4 N–H and O–H groups in total. The molecule has 0 spiro atoms. The maximum atomic E-state index is 13.4. The molecule has 2 aromatic rings. The van der Waals surface area contributed by atoms with E-state index in [0.717, 1.165) is 6.07 Å². The van der Waals surface area contributed by atoms with Gasteiger partial charge in [-0.3, -0.25) is 9.89 Å². The summed E-state index contributed by atoms with van der Waals surface area (Å²) in [6.07, 6.45) is 1.50. The quantitative estimate of drug-likeness (QED) is 0.691. The molecule has 1 aromatic heterocycles. The van der Waals surface area contributed by atoms with Crippen molar-refractivity contribution in [2.45, 2.75) is 6.92 Å². The van der Waals surface area contributed by atoms with Crippen LogP contribution in [0.2, 0.25) is 0 Å². The summed E-state index contributed by atoms with van der Waals surface area (Å²) in [5.74, 6) is -0.505. The number of amides is 1. The highest BCUT2D eigenvalue weighted by atomic mass is 19.1. The Labute approximate surface area is 96.8 Å². The second kappa shape index (κ2) is 4.25. The van der Waals surface area contributed by atoms with Gasteiger partial charge in [-0.25, -0.2) is 4.39 Å². The number of anilines is 2. The minimum atomic E-state index is -0.500. The molecule has 0 bridgehead atoms. The molecule has 0 aliphatic carbocycles. The molecule has 0 aliphatic heterocycles. The third-order valence-corrected chi connectivity index (χ3v) is 2.40. The van der Waals surface area contributed by atoms with E-state index in [1.807, 2.05) is 0 Å². The summed E-state index contributed by atoms with van der Waals surface area (Å²) in [5.41, 5.74) is 6.35. The first kappa shape index (κ1) is 11.1. The molecule has 1 amide bonds. The van der Waals surface area contributed by atoms with E-state index in [1.165, 1.54) is 12.3 Å². The number of nitrogens with two attached hydrogens (primary N) is 1. The molecule has 0 saturated heterocycles. The van der Waals surface area contributed by atoms with E-state index in [0.29, 0.717) is 11.4 Å². The van der Waals surface area contributed by atoms with Crippen LogP contribution in [0.1, 0.15) is 15.9 Å². The van der Waals surface area contributed by atoms with Crippen LogP contribution in [0.5, 0.6) is 0 Å². The number of aromatic nitrogens is 2. The van der Waals surface area contributed by atoms with Gasteiger partial charge in [0.15, 0.2) is 0 Å². The number of H-pyrrole nitrogens is 1. The molecular weight excluding hydrogens is 223 g/mol. The molecule has 88 valence electrons. The van der Waals surface area contributed by atoms with Crippen molar-refractivity contribution in [3.05, 3.63) is 41.3 Å². The van der Waals surface area contributed by atoms with Crippen LogP contribution in [0.15, 0.2) is 24.4 Å². The first-order chi connectivity index (χ1) is 8.08. The summed E-state index contributed by atoms with van der Waals surface area (Å²) in [6, 6.07) is 4.17. The third kappa shape index (κ3) is 2.25. The van der Waals surface area contributed by atoms with Crippen LogP contribution in [0, 0.1) is 12.7 Å². The standard InChI is InChI=1S/C11H11FN4O/c1-6-8(12)4-7(5-9(6)13)11(17)15-10-2-3-14-16-10/h2-5H,13H2,1H3,(H2,14,15,16,17). The summed E-state index contributed by atoms with van der Waals surface area (Å²) >= 11 is 0. The molecule has 6 heteroatoms. The van der Waals surface area contributed by atoms with Gasteiger partial charge in [0.05, 0.1) is 6.20 Å². The van der Waals surface area contributed by atoms with Crippen LogP contribution in [0.3, 0.4) is 0 Å². The molecule has 1 aromatic carbocycles. The zero-order valence-corrected chi connectivity index (χ0v) is 9.12. The molecule has 0 radical (unpaired) electrons. The fourth-order valence-electron chi connectivity index (χ4n) is 1.35. The zero-order chi connectivity index (χ0) is 12.4. The van der Waals surface area contributed by atoms with Crippen molar-refractivity contribution in [3.8, 4) is 0 Å². The van der Waals surface area contributed by atoms with Crippen LogP contribution in [0.4, 0.5) is 15.9 Å². The fraction of sp³-hybridized carbons (Fsp3) is 0.0909. The molecule has 17 heavy (non-hydrogen) atoms. The number of carbonyl (C=O) groups is 1. The topological polar surface area (TPSA) is 83.8 Å². The number of hydrogen-bond acceptors (Lipinski definition) is 3. The smallest absolute Gasteiger partial charge is 0.256 e. The lowest BCUT2D eigenvalue weighted by molar-refractivity contribution is 0.102. The average molecular weight is 234 g/mol. The number of hydrogen-bond donors (Lipinski definition) is 3. The molecular formula is C11H11FN4O. The van der Waals surface area contributed by atoms with Crippen molar-refractivity contribution >= 4 is 17.4 Å². The average Bonchev–Trinajstić information content (AvgIpc) is 2.77. The number of carbonyl (C=O) groups excluding carboxylic acids is 1. The summed E-state index contributed by atoms with van der Waals surface area (Å²) in [7, 11) is 0. The second-order valence-corrected chi connectivity index (χ2v) is 3.60. The Kier molecular flexibility index (Phi) is 2.78. The van der Waals surface area contributed by atoms with Gasteiger partial charge < -0.3 is 11.1 Å². The lowest BCUT2D eigenvalue weighted by Gasteiger charge is -2.06. The molecule has 1 heterocycles. The normalized spacial score (nSPS) is 10.2. The Morgan fingerprint density at radius 3 is 2.88 bits per heavy atom. The van der Waals surface area contributed by atoms with E-state index in [4.69, 9.17) is 5.73 Å². The van der Waals surface area contributed by atoms with Crippen molar-refractivity contribution in [1.29, 1.82) is 0 Å². The molecule has 0 unspecified atom stereocenters. The number of halogens is 1. The number of nitrogens with zero attached hydrogens (tertiary/aromatic N) is 1. The summed E-state index contributed by atoms with van der Waals surface area (Å²) in [5, 5.41) is 8.78. The van der Waals surface area contributed by atoms with Crippen LogP contribution in [-0.4, -0.2) is 16.1 Å². The van der Waals surface area contributed by atoms with Crippen LogP contribution >= 0.6 is 0 Å². The van der Waals surface area contributed by atoms with Crippen LogP contribution < -0.4 is 11.1 Å². The number of benzene rings is 1. The van der Waals surface area contributed by atoms with E-state index in [9.17, 15) is 9.18 Å². The van der Waals surface area contributed by atoms with Gasteiger partial charge in [-0.1, -0.05) is 0 Å². The summed E-state index contributed by atoms with van der Waals surface area (Å²) < 4.78 is 13.4. The second-order valence-electron chi connectivity index (χ2n) is 3.60. The number of rotatable bonds is 2. The van der Waals surface area contributed by atoms with Gasteiger partial charge in [-0.05, 0) is 19.1 Å². The molecule has 5 nitrogen and oxygen atoms in total. The third-order valence-electron chi connectivity index (χ3n) is 2.40. The lowest BCUT2D eigenvalue weighted by Crippen LogP contribution is -2.13. The largest absolute Gasteiger partial charge is 0.398 e. The van der Waals surface area contributed by atoms with Crippen LogP contribution in [-0.2, 0) is 0 Å². The summed E-state index contributed by atoms with van der Waals surface area (Å²) in [4.78, 5) is 11.7. The van der Waals surface area contributed by atoms with E-state index in [2.05, 4.69) is 15.5 Å². The van der Waals surface area contributed by atoms with Crippen molar-refractivity contribution in [2.75, 3.05) is 11.1 Å². The van der Waals surface area contributed by atoms with Gasteiger partial charge in [-0.15, -0.1) is 0 Å². The van der Waals surface area contributed by atoms with E-state index in [-0.39, 0.29) is 11.3 Å². The maximum absolute atomic E-state index is 13.4. The van der Waals surface area contributed by atoms with Gasteiger partial charge in [0.2, 0.25) is 0 Å². The highest BCUT2D eigenvalue weighted by molar-refractivity contribution is 6.04. The minimum Gasteiger partial charge on any atom is -0.398 e. The first-order valence-electron chi connectivity index (χ1n) is 4.94. The Morgan fingerprint density at radius 1 is 1.53 bits per heavy atom. The zero-order valence-electron chi connectivity index (χ0n) is 9.12. The Morgan fingerprint density at radius 2 is 2.29 bits per heavy atom. The monoisotopic (exact) mass is 234 g/mol. The van der Waals surface area contributed by atoms with Gasteiger partial charge in [0.25, 0.3) is 5.91 Å². The predicted molar refractivity (Wildman–Crippen MR) is 62.1 cm³/mol. The highest BCUT2D eigenvalue weighted by Crippen LogP contribution is 2.18. The van der Waals surface area contributed by atoms with Gasteiger partial charge in [0.1, 0.15) is 11.6 Å². The number of nitrogen functional groups attached to an aromatic ring is 1. The lowest BCUT2D eigenvalue weighted by atomic mass is 10.1. The Hall–Kier alpha value is -2.37. The minimum absolute atomic E-state index is 0.167. The van der Waals surface area contributed by atoms with Gasteiger partial charge in [0, 0.05) is 22.9 Å². The van der Waals surface area contributed by atoms with Gasteiger partial charge in [-0.2, -0.15) is 5.10 Å². The number of aromatic amines is 1. The molecule has 0 saturated carbocycles. The molecule has 0 aliphatic rings. The predicted octanol–water partition coefficient (Wildman–Crippen LogP) is 1.69. The molecule has 0 atom stereocenters. The fourth-order valence-corrected chi connectivity index (χ4v) is 1.35. The van der Waals surface area contributed by atoms with Crippen molar-refractivity contribution < 1.29 is 9.18 Å². The van der Waals surface area contributed by atoms with Crippen LogP contribution in [0.25, 0.3) is 0 Å². The Bertz CT molecular complexity index is 528. The number of nitrogens with one attached hydrogen (secondary N) is 2. The Balaban J connectivity index is 2.26. The van der Waals surface area contributed by atoms with E-state index >= 15 is 0 Å². The highest BCUT2D eigenvalue weighted by Gasteiger charge is 2.11. The molecule has 2 rings (SSSR count). The SMILES string of the molecule is Cc1c(N)cc(C(=O)Nc2ccn[nH]2)cc1F. The molecule has 0 fully saturated rings. The van der Waals surface area contributed by atoms with Gasteiger partial charge >= 0.3 is 0 Å². The van der Waals surface area contributed by atoms with Crippen molar-refractivity contribution in [3.63, 3.8) is 0 Å². The summed E-state index contributed by atoms with van der Waals surface area (Å²) in [6.45, 7) is 1.56. The maximum Gasteiger partial charge on any atom is 0.256 e. The first-order valence-corrected chi connectivity index (χ1v) is 4.94. The van der Waals surface area contributed by atoms with E-state index < -0.39 is 11.7 Å².